The molecule has 3 unspecified atom stereocenters. The molecule has 0 saturated carbocycles. The quantitative estimate of drug-likeness (QED) is 0.0710. The SMILES string of the molecule is CCCCCOC(=O)Oc1ccc(C(C(C)C(C)OC(=O)CCCCC)[C@H](N)C(=O)O)cc1OC(=O)OCCCCC. The zero-order valence-corrected chi connectivity index (χ0v) is 25.7. The number of carboxylic acid groups (broad SMARTS) is 1. The minimum atomic E-state index is -1.38. The van der Waals surface area contributed by atoms with Crippen LogP contribution in [-0.4, -0.2) is 54.7 Å². The van der Waals surface area contributed by atoms with Crippen LogP contribution in [0.2, 0.25) is 0 Å². The lowest BCUT2D eigenvalue weighted by Crippen LogP contribution is -2.42. The molecule has 0 amide bonds. The summed E-state index contributed by atoms with van der Waals surface area (Å²) in [6.45, 7) is 9.80. The Morgan fingerprint density at radius 3 is 1.83 bits per heavy atom. The van der Waals surface area contributed by atoms with Gasteiger partial charge in [-0.05, 0) is 43.9 Å². The molecule has 1 aromatic rings. The Bertz CT molecular complexity index is 982. The van der Waals surface area contributed by atoms with Crippen LogP contribution in [0.1, 0.15) is 110 Å². The average Bonchev–Trinajstić information content (AvgIpc) is 2.94. The van der Waals surface area contributed by atoms with E-state index in [1.807, 2.05) is 20.8 Å². The van der Waals surface area contributed by atoms with Crippen LogP contribution in [0.25, 0.3) is 0 Å². The number of hydrogen-bond acceptors (Lipinski definition) is 10. The number of nitrogens with two attached hydrogens (primary N) is 1. The molecule has 11 heteroatoms. The molecule has 238 valence electrons. The number of benzene rings is 1. The van der Waals surface area contributed by atoms with Gasteiger partial charge in [-0.1, -0.05) is 72.3 Å². The maximum atomic E-state index is 12.5. The van der Waals surface area contributed by atoms with Crippen molar-refractivity contribution in [3.63, 3.8) is 0 Å². The van der Waals surface area contributed by atoms with E-state index >= 15 is 0 Å². The van der Waals surface area contributed by atoms with Crippen LogP contribution in [0.15, 0.2) is 18.2 Å². The molecule has 3 N–H and O–H groups in total. The zero-order chi connectivity index (χ0) is 31.5. The highest BCUT2D eigenvalue weighted by atomic mass is 16.7. The van der Waals surface area contributed by atoms with Gasteiger partial charge in [0, 0.05) is 18.3 Å². The monoisotopic (exact) mass is 595 g/mol. The van der Waals surface area contributed by atoms with Crippen LogP contribution in [0, 0.1) is 5.92 Å². The van der Waals surface area contributed by atoms with Crippen molar-refractivity contribution >= 4 is 24.2 Å². The largest absolute Gasteiger partial charge is 0.513 e. The number of ether oxygens (including phenoxy) is 5. The highest BCUT2D eigenvalue weighted by Crippen LogP contribution is 2.37. The summed E-state index contributed by atoms with van der Waals surface area (Å²) in [5.41, 5.74) is 6.50. The van der Waals surface area contributed by atoms with Gasteiger partial charge in [0.15, 0.2) is 11.5 Å². The lowest BCUT2D eigenvalue weighted by atomic mass is 9.79. The maximum absolute atomic E-state index is 12.5. The molecule has 0 spiro atoms. The third-order valence-electron chi connectivity index (χ3n) is 6.96. The minimum Gasteiger partial charge on any atom is -0.480 e. The first kappa shape index (κ1) is 36.7. The van der Waals surface area contributed by atoms with E-state index in [0.717, 1.165) is 38.5 Å². The molecule has 0 saturated heterocycles. The summed E-state index contributed by atoms with van der Waals surface area (Å²) in [7, 11) is 0. The third-order valence-corrected chi connectivity index (χ3v) is 6.96. The molecule has 11 nitrogen and oxygen atoms in total. The van der Waals surface area contributed by atoms with Crippen LogP contribution in [0.4, 0.5) is 9.59 Å². The first-order valence-corrected chi connectivity index (χ1v) is 15.1. The topological polar surface area (TPSA) is 161 Å². The average molecular weight is 596 g/mol. The molecular formula is C31H49NO10. The van der Waals surface area contributed by atoms with Crippen LogP contribution in [-0.2, 0) is 23.8 Å². The van der Waals surface area contributed by atoms with E-state index in [4.69, 9.17) is 29.4 Å². The van der Waals surface area contributed by atoms with Gasteiger partial charge in [0.1, 0.15) is 12.1 Å². The third kappa shape index (κ3) is 13.5. The summed E-state index contributed by atoms with van der Waals surface area (Å²) in [5.74, 6) is -3.33. The number of carbonyl (C=O) groups is 4. The second-order valence-electron chi connectivity index (χ2n) is 10.4. The Morgan fingerprint density at radius 2 is 1.31 bits per heavy atom. The van der Waals surface area contributed by atoms with Gasteiger partial charge < -0.3 is 34.5 Å². The molecule has 0 aliphatic rings. The van der Waals surface area contributed by atoms with Crippen LogP contribution in [0.3, 0.4) is 0 Å². The fourth-order valence-corrected chi connectivity index (χ4v) is 4.33. The van der Waals surface area contributed by atoms with E-state index in [1.165, 1.54) is 18.2 Å². The van der Waals surface area contributed by atoms with E-state index < -0.39 is 42.3 Å². The molecule has 0 fully saturated rings. The Kier molecular flexibility index (Phi) is 17.9. The highest BCUT2D eigenvalue weighted by Gasteiger charge is 2.36. The lowest BCUT2D eigenvalue weighted by molar-refractivity contribution is -0.151. The molecule has 0 radical (unpaired) electrons. The van der Waals surface area contributed by atoms with Crippen molar-refractivity contribution in [2.24, 2.45) is 11.7 Å². The van der Waals surface area contributed by atoms with Crippen molar-refractivity contribution in [1.29, 1.82) is 0 Å². The lowest BCUT2D eigenvalue weighted by Gasteiger charge is -2.31. The summed E-state index contributed by atoms with van der Waals surface area (Å²) < 4.78 is 26.6. The van der Waals surface area contributed by atoms with Crippen LogP contribution >= 0.6 is 0 Å². The van der Waals surface area contributed by atoms with Crippen molar-refractivity contribution in [3.8, 4) is 11.5 Å². The highest BCUT2D eigenvalue weighted by molar-refractivity contribution is 5.75. The smallest absolute Gasteiger partial charge is 0.480 e. The molecule has 42 heavy (non-hydrogen) atoms. The fourth-order valence-electron chi connectivity index (χ4n) is 4.33. The van der Waals surface area contributed by atoms with E-state index in [2.05, 4.69) is 0 Å². The number of hydrogen-bond donors (Lipinski definition) is 2. The molecular weight excluding hydrogens is 546 g/mol. The van der Waals surface area contributed by atoms with E-state index in [9.17, 15) is 24.3 Å². The normalized spacial score (nSPS) is 13.8. The molecule has 0 heterocycles. The Morgan fingerprint density at radius 1 is 0.786 bits per heavy atom. The van der Waals surface area contributed by atoms with Gasteiger partial charge in [0.25, 0.3) is 0 Å². The second-order valence-corrected chi connectivity index (χ2v) is 10.4. The molecule has 1 aromatic carbocycles. The Labute approximate surface area is 249 Å². The predicted octanol–water partition coefficient (Wildman–Crippen LogP) is 6.74. The number of carboxylic acids is 1. The Hall–Kier alpha value is -3.34. The van der Waals surface area contributed by atoms with Gasteiger partial charge in [-0.25, -0.2) is 9.59 Å². The van der Waals surface area contributed by atoms with Crippen LogP contribution < -0.4 is 15.2 Å². The van der Waals surface area contributed by atoms with Gasteiger partial charge in [-0.2, -0.15) is 0 Å². The molecule has 1 rings (SSSR count). The molecule has 4 atom stereocenters. The molecule has 0 aromatic heterocycles. The number of unbranched alkanes of at least 4 members (excludes halogenated alkanes) is 6. The molecule has 0 bridgehead atoms. The van der Waals surface area contributed by atoms with E-state index in [0.29, 0.717) is 24.8 Å². The number of esters is 1. The minimum absolute atomic E-state index is 0.115. The van der Waals surface area contributed by atoms with E-state index in [1.54, 1.807) is 13.8 Å². The van der Waals surface area contributed by atoms with Crippen molar-refractivity contribution in [1.82, 2.24) is 0 Å². The fraction of sp³-hybridized carbons (Fsp3) is 0.677. The first-order valence-electron chi connectivity index (χ1n) is 15.1. The number of aliphatic carboxylic acids is 1. The van der Waals surface area contributed by atoms with Crippen molar-refractivity contribution in [3.05, 3.63) is 23.8 Å². The van der Waals surface area contributed by atoms with Gasteiger partial charge in [-0.15, -0.1) is 0 Å². The van der Waals surface area contributed by atoms with E-state index in [-0.39, 0.29) is 37.1 Å². The van der Waals surface area contributed by atoms with Gasteiger partial charge in [0.2, 0.25) is 0 Å². The maximum Gasteiger partial charge on any atom is 0.513 e. The number of rotatable bonds is 20. The molecule has 0 aliphatic carbocycles. The standard InChI is InChI=1S/C31H49NO10/c1-6-9-12-15-26(33)40-22(5)21(4)27(28(32)29(34)35)23-16-17-24(41-30(36)38-18-13-10-7-2)25(20-23)42-31(37)39-19-14-11-8-3/h16-17,20-22,27-28H,6-15,18-19,32H2,1-5H3,(H,34,35)/t21?,22?,27?,28-/m0/s1. The summed E-state index contributed by atoms with van der Waals surface area (Å²) in [6, 6.07) is 2.90. The predicted molar refractivity (Wildman–Crippen MR) is 157 cm³/mol. The molecule has 0 aliphatic heterocycles. The van der Waals surface area contributed by atoms with Gasteiger partial charge in [0.05, 0.1) is 13.2 Å². The van der Waals surface area contributed by atoms with Crippen molar-refractivity contribution in [2.45, 2.75) is 117 Å². The van der Waals surface area contributed by atoms with Crippen molar-refractivity contribution < 1.29 is 48.0 Å². The summed E-state index contributed by atoms with van der Waals surface area (Å²) in [4.78, 5) is 49.1. The first-order chi connectivity index (χ1) is 20.0. The van der Waals surface area contributed by atoms with Crippen molar-refractivity contribution in [2.75, 3.05) is 13.2 Å². The summed E-state index contributed by atoms with van der Waals surface area (Å²) in [6.07, 6.45) is 5.14. The zero-order valence-electron chi connectivity index (χ0n) is 25.7. The second kappa shape index (κ2) is 20.5. The number of carbonyl (C=O) groups excluding carboxylic acids is 3. The summed E-state index contributed by atoms with van der Waals surface area (Å²) in [5, 5.41) is 9.80. The Balaban J connectivity index is 3.28. The van der Waals surface area contributed by atoms with Gasteiger partial charge in [-0.3, -0.25) is 9.59 Å². The van der Waals surface area contributed by atoms with Gasteiger partial charge >= 0.3 is 24.2 Å². The van der Waals surface area contributed by atoms with Crippen LogP contribution in [0.5, 0.6) is 11.5 Å². The summed E-state index contributed by atoms with van der Waals surface area (Å²) >= 11 is 0.